The minimum absolute atomic E-state index is 0.204. The Morgan fingerprint density at radius 3 is 1.81 bits per heavy atom. The molecule has 0 aliphatic heterocycles. The third-order valence-electron chi connectivity index (χ3n) is 2.91. The van der Waals surface area contributed by atoms with Crippen LogP contribution in [0.1, 0.15) is 11.1 Å². The van der Waals surface area contributed by atoms with E-state index in [0.29, 0.717) is 11.5 Å². The number of rotatable bonds is 4. The highest BCUT2D eigenvalue weighted by molar-refractivity contribution is 5.98. The van der Waals surface area contributed by atoms with Crippen LogP contribution in [0.3, 0.4) is 0 Å². The molecule has 0 spiro atoms. The number of hydrazine groups is 1. The maximum absolute atomic E-state index is 9.29. The van der Waals surface area contributed by atoms with Crippen LogP contribution in [0.4, 0.5) is 0 Å². The van der Waals surface area contributed by atoms with Gasteiger partial charge in [-0.3, -0.25) is 15.8 Å². The molecule has 2 aromatic carbocycles. The van der Waals surface area contributed by atoms with E-state index in [1.54, 1.807) is 55.6 Å². The fourth-order valence-corrected chi connectivity index (χ4v) is 1.75. The Hall–Kier alpha value is -2.95. The molecule has 0 aliphatic rings. The number of nitrogens with zero attached hydrogens (tertiary/aromatic N) is 1. The Kier molecular flexibility index (Phi) is 4.46. The normalized spacial score (nSPS) is 11.0. The van der Waals surface area contributed by atoms with Gasteiger partial charge in [0, 0.05) is 12.6 Å². The minimum atomic E-state index is 0.204. The number of aliphatic imine (C=N–C) groups is 1. The lowest BCUT2D eigenvalue weighted by Crippen LogP contribution is -2.36. The van der Waals surface area contributed by atoms with Gasteiger partial charge < -0.3 is 10.2 Å². The van der Waals surface area contributed by atoms with Gasteiger partial charge in [-0.15, -0.1) is 0 Å². The number of aromatic hydroxyl groups is 2. The third kappa shape index (κ3) is 3.76. The van der Waals surface area contributed by atoms with Gasteiger partial charge in [0.05, 0.1) is 5.70 Å². The molecule has 4 N–H and O–H groups in total. The van der Waals surface area contributed by atoms with E-state index in [0.717, 1.165) is 11.1 Å². The smallest absolute Gasteiger partial charge is 0.146 e. The zero-order valence-electron chi connectivity index (χ0n) is 11.7. The van der Waals surface area contributed by atoms with Crippen LogP contribution in [-0.2, 0) is 0 Å². The first-order valence-corrected chi connectivity index (χ1v) is 6.36. The van der Waals surface area contributed by atoms with Crippen molar-refractivity contribution in [2.45, 2.75) is 0 Å². The molecule has 0 amide bonds. The molecular weight excluding hydrogens is 266 g/mol. The molecule has 0 bridgehead atoms. The predicted molar refractivity (Wildman–Crippen MR) is 84.0 cm³/mol. The first kappa shape index (κ1) is 14.5. The molecule has 5 heteroatoms. The molecule has 2 aromatic rings. The van der Waals surface area contributed by atoms with E-state index >= 15 is 0 Å². The molecule has 2 rings (SSSR count). The van der Waals surface area contributed by atoms with Crippen molar-refractivity contribution in [3.63, 3.8) is 0 Å². The highest BCUT2D eigenvalue weighted by Gasteiger charge is 2.04. The fourth-order valence-electron chi connectivity index (χ4n) is 1.75. The fraction of sp³-hybridized carbons (Fsp3) is 0.0625. The number of phenols is 2. The zero-order valence-corrected chi connectivity index (χ0v) is 11.7. The average Bonchev–Trinajstić information content (AvgIpc) is 2.50. The molecule has 0 radical (unpaired) electrons. The Bertz CT molecular complexity index is 646. The van der Waals surface area contributed by atoms with Crippen molar-refractivity contribution in [1.82, 2.24) is 10.9 Å². The molecular formula is C16H17N3O2. The lowest BCUT2D eigenvalue weighted by atomic mass is 10.2. The summed E-state index contributed by atoms with van der Waals surface area (Å²) in [5.74, 6) is 1.03. The van der Waals surface area contributed by atoms with Crippen LogP contribution in [0, 0.1) is 0 Å². The molecule has 0 saturated heterocycles. The van der Waals surface area contributed by atoms with E-state index < -0.39 is 0 Å². The van der Waals surface area contributed by atoms with Crippen LogP contribution in [-0.4, -0.2) is 23.1 Å². The zero-order chi connectivity index (χ0) is 15.2. The van der Waals surface area contributed by atoms with Gasteiger partial charge in [-0.1, -0.05) is 6.58 Å². The van der Waals surface area contributed by atoms with Gasteiger partial charge in [-0.25, -0.2) is 0 Å². The Morgan fingerprint density at radius 1 is 0.857 bits per heavy atom. The van der Waals surface area contributed by atoms with Gasteiger partial charge >= 0.3 is 0 Å². The second kappa shape index (κ2) is 6.47. The number of benzene rings is 2. The minimum Gasteiger partial charge on any atom is -0.508 e. The molecule has 21 heavy (non-hydrogen) atoms. The second-order valence-corrected chi connectivity index (χ2v) is 4.39. The van der Waals surface area contributed by atoms with Crippen LogP contribution >= 0.6 is 0 Å². The highest BCUT2D eigenvalue weighted by atomic mass is 16.3. The second-order valence-electron chi connectivity index (χ2n) is 4.39. The van der Waals surface area contributed by atoms with Gasteiger partial charge in [-0.05, 0) is 54.1 Å². The van der Waals surface area contributed by atoms with Crippen LogP contribution < -0.4 is 10.9 Å². The van der Waals surface area contributed by atoms with Crippen LogP contribution in [0.25, 0.3) is 5.70 Å². The summed E-state index contributed by atoms with van der Waals surface area (Å²) in [4.78, 5) is 4.15. The standard InChI is InChI=1S/C16H17N3O2/c1-11(12-3-7-14(20)8-4-12)18-19-16(17-2)13-5-9-15(21)10-6-13/h3-10,18,20-21H,1H2,2H3,(H,17,19). The molecule has 0 aliphatic carbocycles. The Morgan fingerprint density at radius 2 is 1.33 bits per heavy atom. The van der Waals surface area contributed by atoms with Gasteiger partial charge in [0.1, 0.15) is 17.3 Å². The van der Waals surface area contributed by atoms with E-state index in [2.05, 4.69) is 22.4 Å². The van der Waals surface area contributed by atoms with Crippen molar-refractivity contribution in [1.29, 1.82) is 0 Å². The summed E-state index contributed by atoms with van der Waals surface area (Å²) in [7, 11) is 1.67. The summed E-state index contributed by atoms with van der Waals surface area (Å²) in [6.45, 7) is 3.92. The maximum Gasteiger partial charge on any atom is 0.146 e. The summed E-state index contributed by atoms with van der Waals surface area (Å²) in [6, 6.07) is 13.4. The lowest BCUT2D eigenvalue weighted by molar-refractivity contribution is 0.474. The first-order chi connectivity index (χ1) is 10.1. The molecule has 0 unspecified atom stereocenters. The van der Waals surface area contributed by atoms with Crippen molar-refractivity contribution in [2.75, 3.05) is 7.05 Å². The number of amidine groups is 1. The Balaban J connectivity index is 2.02. The SMILES string of the molecule is C=C(NN/C(=N\C)c1ccc(O)cc1)c1ccc(O)cc1. The van der Waals surface area contributed by atoms with E-state index in [9.17, 15) is 10.2 Å². The molecule has 0 saturated carbocycles. The van der Waals surface area contributed by atoms with E-state index in [1.807, 2.05) is 0 Å². The van der Waals surface area contributed by atoms with Crippen molar-refractivity contribution < 1.29 is 10.2 Å². The third-order valence-corrected chi connectivity index (χ3v) is 2.91. The molecule has 0 fully saturated rings. The molecule has 0 atom stereocenters. The Labute approximate surface area is 123 Å². The van der Waals surface area contributed by atoms with E-state index in [1.165, 1.54) is 0 Å². The number of hydrogen-bond donors (Lipinski definition) is 4. The summed E-state index contributed by atoms with van der Waals surface area (Å²) in [5, 5.41) is 18.6. The number of nitrogens with one attached hydrogen (secondary N) is 2. The van der Waals surface area contributed by atoms with Crippen LogP contribution in [0.15, 0.2) is 60.1 Å². The van der Waals surface area contributed by atoms with E-state index in [-0.39, 0.29) is 11.5 Å². The molecule has 5 nitrogen and oxygen atoms in total. The lowest BCUT2D eigenvalue weighted by Gasteiger charge is -2.14. The average molecular weight is 283 g/mol. The summed E-state index contributed by atoms with van der Waals surface area (Å²) in [6.07, 6.45) is 0. The van der Waals surface area contributed by atoms with Gasteiger partial charge in [0.25, 0.3) is 0 Å². The molecule has 0 heterocycles. The highest BCUT2D eigenvalue weighted by Crippen LogP contribution is 2.14. The maximum atomic E-state index is 9.29. The molecule has 108 valence electrons. The van der Waals surface area contributed by atoms with Crippen molar-refractivity contribution in [2.24, 2.45) is 4.99 Å². The van der Waals surface area contributed by atoms with Crippen LogP contribution in [0.5, 0.6) is 11.5 Å². The largest absolute Gasteiger partial charge is 0.508 e. The van der Waals surface area contributed by atoms with Gasteiger partial charge in [0.15, 0.2) is 0 Å². The first-order valence-electron chi connectivity index (χ1n) is 6.36. The summed E-state index contributed by atoms with van der Waals surface area (Å²) >= 11 is 0. The predicted octanol–water partition coefficient (Wildman–Crippen LogP) is 2.24. The monoisotopic (exact) mass is 283 g/mol. The van der Waals surface area contributed by atoms with Gasteiger partial charge in [-0.2, -0.15) is 0 Å². The summed E-state index contributed by atoms with van der Waals surface area (Å²) < 4.78 is 0. The van der Waals surface area contributed by atoms with Crippen LogP contribution in [0.2, 0.25) is 0 Å². The number of hydrogen-bond acceptors (Lipinski definition) is 4. The van der Waals surface area contributed by atoms with Crippen molar-refractivity contribution >= 4 is 11.5 Å². The van der Waals surface area contributed by atoms with Gasteiger partial charge in [0.2, 0.25) is 0 Å². The number of phenolic OH excluding ortho intramolecular Hbond substituents is 2. The van der Waals surface area contributed by atoms with Crippen molar-refractivity contribution in [3.05, 3.63) is 66.2 Å². The summed E-state index contributed by atoms with van der Waals surface area (Å²) in [5.41, 5.74) is 8.27. The van der Waals surface area contributed by atoms with Crippen molar-refractivity contribution in [3.8, 4) is 11.5 Å². The van der Waals surface area contributed by atoms with E-state index in [4.69, 9.17) is 0 Å². The quantitative estimate of drug-likeness (QED) is 0.394. The topological polar surface area (TPSA) is 76.9 Å². The molecule has 0 aromatic heterocycles.